The second-order valence-corrected chi connectivity index (χ2v) is 7.27. The molecule has 1 aromatic heterocycles. The Bertz CT molecular complexity index is 1070. The average molecular weight is 390 g/mol. The first-order valence-corrected chi connectivity index (χ1v) is 9.47. The number of nitrogens with zero attached hydrogens (tertiary/aromatic N) is 2. The first-order chi connectivity index (χ1) is 14.0. The highest BCUT2D eigenvalue weighted by molar-refractivity contribution is 6.05. The van der Waals surface area contributed by atoms with Gasteiger partial charge in [0, 0.05) is 36.1 Å². The van der Waals surface area contributed by atoms with Crippen LogP contribution in [0.15, 0.2) is 54.9 Å². The Balaban J connectivity index is 1.48. The van der Waals surface area contributed by atoms with Crippen LogP contribution in [0.25, 0.3) is 0 Å². The van der Waals surface area contributed by atoms with E-state index in [9.17, 15) is 9.59 Å². The lowest BCUT2D eigenvalue weighted by Gasteiger charge is -2.18. The number of nitrogens with one attached hydrogen (secondary N) is 2. The van der Waals surface area contributed by atoms with Crippen LogP contribution in [-0.2, 0) is 11.3 Å². The van der Waals surface area contributed by atoms with E-state index in [1.165, 1.54) is 0 Å². The summed E-state index contributed by atoms with van der Waals surface area (Å²) in [7, 11) is 0. The summed E-state index contributed by atoms with van der Waals surface area (Å²) in [6.07, 6.45) is 3.77. The van der Waals surface area contributed by atoms with E-state index in [0.29, 0.717) is 35.2 Å². The summed E-state index contributed by atoms with van der Waals surface area (Å²) in [5.41, 5.74) is 2.81. The lowest BCUT2D eigenvalue weighted by molar-refractivity contribution is -0.118. The number of ether oxygens (including phenoxy) is 1. The van der Waals surface area contributed by atoms with Crippen molar-refractivity contribution in [2.45, 2.75) is 26.3 Å². The maximum Gasteiger partial charge on any atom is 0.262 e. The first-order valence-electron chi connectivity index (χ1n) is 9.47. The third kappa shape index (κ3) is 4.13. The average Bonchev–Trinajstić information content (AvgIpc) is 3.16. The molecule has 0 unspecified atom stereocenters. The van der Waals surface area contributed by atoms with Gasteiger partial charge in [0.2, 0.25) is 0 Å². The Morgan fingerprint density at radius 2 is 2.14 bits per heavy atom. The van der Waals surface area contributed by atoms with Crippen molar-refractivity contribution in [2.24, 2.45) is 0 Å². The summed E-state index contributed by atoms with van der Waals surface area (Å²) in [5.74, 6) is 1.41. The van der Waals surface area contributed by atoms with Crippen LogP contribution < -0.4 is 15.4 Å². The molecular weight excluding hydrogens is 368 g/mol. The molecule has 4 rings (SSSR count). The normalized spacial score (nSPS) is 12.9. The van der Waals surface area contributed by atoms with Crippen LogP contribution in [0.2, 0.25) is 0 Å². The van der Waals surface area contributed by atoms with Gasteiger partial charge < -0.3 is 19.9 Å². The van der Waals surface area contributed by atoms with E-state index in [0.717, 1.165) is 11.4 Å². The molecule has 2 N–H and O–H groups in total. The molecule has 0 saturated heterocycles. The second-order valence-electron chi connectivity index (χ2n) is 7.27. The lowest BCUT2D eigenvalue weighted by Crippen LogP contribution is -2.25. The SMILES string of the molecule is CC(C)c1nccn1Cc1cccc(NC(=O)c2ccc3c(c2)OCC(=O)N3)c1. The third-order valence-corrected chi connectivity index (χ3v) is 4.68. The van der Waals surface area contributed by atoms with Crippen molar-refractivity contribution in [1.82, 2.24) is 9.55 Å². The van der Waals surface area contributed by atoms with E-state index in [4.69, 9.17) is 4.74 Å². The maximum atomic E-state index is 12.7. The largest absolute Gasteiger partial charge is 0.482 e. The van der Waals surface area contributed by atoms with Crippen LogP contribution in [0, 0.1) is 0 Å². The van der Waals surface area contributed by atoms with Crippen LogP contribution >= 0.6 is 0 Å². The van der Waals surface area contributed by atoms with E-state index < -0.39 is 0 Å². The minimum atomic E-state index is -0.240. The maximum absolute atomic E-state index is 12.7. The van der Waals surface area contributed by atoms with Gasteiger partial charge in [-0.15, -0.1) is 0 Å². The zero-order valence-electron chi connectivity index (χ0n) is 16.3. The molecule has 7 heteroatoms. The van der Waals surface area contributed by atoms with Crippen LogP contribution in [0.4, 0.5) is 11.4 Å². The smallest absolute Gasteiger partial charge is 0.262 e. The summed E-state index contributed by atoms with van der Waals surface area (Å²) in [4.78, 5) is 28.5. The minimum Gasteiger partial charge on any atom is -0.482 e. The number of hydrogen-bond acceptors (Lipinski definition) is 4. The van der Waals surface area contributed by atoms with Gasteiger partial charge in [-0.05, 0) is 35.9 Å². The molecular formula is C22H22N4O3. The highest BCUT2D eigenvalue weighted by Crippen LogP contribution is 2.29. The van der Waals surface area contributed by atoms with Crippen molar-refractivity contribution < 1.29 is 14.3 Å². The molecule has 148 valence electrons. The lowest BCUT2D eigenvalue weighted by atomic mass is 10.1. The number of amides is 2. The predicted molar refractivity (Wildman–Crippen MR) is 110 cm³/mol. The van der Waals surface area contributed by atoms with Crippen molar-refractivity contribution in [3.8, 4) is 5.75 Å². The number of imidazole rings is 1. The number of fused-ring (bicyclic) bond motifs is 1. The summed E-state index contributed by atoms with van der Waals surface area (Å²) in [5, 5.41) is 5.64. The number of anilines is 2. The zero-order chi connectivity index (χ0) is 20.4. The molecule has 7 nitrogen and oxygen atoms in total. The number of benzene rings is 2. The van der Waals surface area contributed by atoms with Gasteiger partial charge in [0.25, 0.3) is 11.8 Å². The molecule has 3 aromatic rings. The molecule has 0 radical (unpaired) electrons. The van der Waals surface area contributed by atoms with Crippen LogP contribution in [0.1, 0.15) is 41.5 Å². The predicted octanol–water partition coefficient (Wildman–Crippen LogP) is 3.64. The summed E-state index contributed by atoms with van der Waals surface area (Å²) < 4.78 is 7.50. The fraction of sp³-hybridized carbons (Fsp3) is 0.227. The summed E-state index contributed by atoms with van der Waals surface area (Å²) >= 11 is 0. The van der Waals surface area contributed by atoms with Gasteiger partial charge in [-0.3, -0.25) is 9.59 Å². The molecule has 1 aliphatic heterocycles. The molecule has 0 fully saturated rings. The Morgan fingerprint density at radius 1 is 1.28 bits per heavy atom. The number of rotatable bonds is 5. The fourth-order valence-corrected chi connectivity index (χ4v) is 3.32. The molecule has 0 saturated carbocycles. The molecule has 0 bridgehead atoms. The second kappa shape index (κ2) is 7.79. The summed E-state index contributed by atoms with van der Waals surface area (Å²) in [6, 6.07) is 12.7. The van der Waals surface area contributed by atoms with Gasteiger partial charge in [-0.25, -0.2) is 4.98 Å². The number of carbonyl (C=O) groups excluding carboxylic acids is 2. The molecule has 1 aliphatic rings. The molecule has 0 aliphatic carbocycles. The minimum absolute atomic E-state index is 0.0489. The third-order valence-electron chi connectivity index (χ3n) is 4.68. The number of carbonyl (C=O) groups is 2. The first kappa shape index (κ1) is 18.7. The van der Waals surface area contributed by atoms with Crippen LogP contribution in [0.3, 0.4) is 0 Å². The standard InChI is InChI=1S/C22H22N4O3/c1-14(2)21-23-8-9-26(21)12-15-4-3-5-17(10-15)24-22(28)16-6-7-18-19(11-16)29-13-20(27)25-18/h3-11,14H,12-13H2,1-2H3,(H,24,28)(H,25,27). The molecule has 2 amide bonds. The van der Waals surface area contributed by atoms with Gasteiger partial charge >= 0.3 is 0 Å². The molecule has 0 atom stereocenters. The van der Waals surface area contributed by atoms with Crippen LogP contribution in [0.5, 0.6) is 5.75 Å². The van der Waals surface area contributed by atoms with Gasteiger partial charge in [-0.1, -0.05) is 26.0 Å². The van der Waals surface area contributed by atoms with Crippen LogP contribution in [-0.4, -0.2) is 28.0 Å². The Morgan fingerprint density at radius 3 is 2.97 bits per heavy atom. The van der Waals surface area contributed by atoms with Crippen molar-refractivity contribution >= 4 is 23.2 Å². The van der Waals surface area contributed by atoms with Crippen molar-refractivity contribution in [3.05, 3.63) is 71.8 Å². The quantitative estimate of drug-likeness (QED) is 0.697. The number of hydrogen-bond donors (Lipinski definition) is 2. The van der Waals surface area contributed by atoms with Crippen molar-refractivity contribution in [2.75, 3.05) is 17.2 Å². The molecule has 2 aromatic carbocycles. The van der Waals surface area contributed by atoms with Gasteiger partial charge in [0.05, 0.1) is 5.69 Å². The monoisotopic (exact) mass is 390 g/mol. The van der Waals surface area contributed by atoms with Gasteiger partial charge in [0.1, 0.15) is 11.6 Å². The zero-order valence-corrected chi connectivity index (χ0v) is 16.3. The van der Waals surface area contributed by atoms with Gasteiger partial charge in [-0.2, -0.15) is 0 Å². The fourth-order valence-electron chi connectivity index (χ4n) is 3.32. The van der Waals surface area contributed by atoms with E-state index in [1.807, 2.05) is 36.7 Å². The highest BCUT2D eigenvalue weighted by atomic mass is 16.5. The Hall–Kier alpha value is -3.61. The van der Waals surface area contributed by atoms with E-state index in [1.54, 1.807) is 18.2 Å². The van der Waals surface area contributed by atoms with E-state index >= 15 is 0 Å². The van der Waals surface area contributed by atoms with E-state index in [2.05, 4.69) is 34.0 Å². The Kier molecular flexibility index (Phi) is 5.03. The van der Waals surface area contributed by atoms with E-state index in [-0.39, 0.29) is 18.4 Å². The Labute approximate surface area is 168 Å². The number of aromatic nitrogens is 2. The molecule has 2 heterocycles. The summed E-state index contributed by atoms with van der Waals surface area (Å²) in [6.45, 7) is 4.86. The van der Waals surface area contributed by atoms with Gasteiger partial charge in [0.15, 0.2) is 6.61 Å². The topological polar surface area (TPSA) is 85.2 Å². The highest BCUT2D eigenvalue weighted by Gasteiger charge is 2.18. The van der Waals surface area contributed by atoms with Crippen molar-refractivity contribution in [3.63, 3.8) is 0 Å². The molecule has 29 heavy (non-hydrogen) atoms. The van der Waals surface area contributed by atoms with Crippen molar-refractivity contribution in [1.29, 1.82) is 0 Å². The molecule has 0 spiro atoms.